The van der Waals surface area contributed by atoms with Gasteiger partial charge in [-0.25, -0.2) is 15.4 Å². The van der Waals surface area contributed by atoms with E-state index in [-0.39, 0.29) is 11.7 Å². The lowest BCUT2D eigenvalue weighted by Gasteiger charge is -2.07. The third kappa shape index (κ3) is 5.75. The summed E-state index contributed by atoms with van der Waals surface area (Å²) in [5.74, 6) is 1.23. The Morgan fingerprint density at radius 3 is 2.56 bits per heavy atom. The fraction of sp³-hybridized carbons (Fsp3) is 0.294. The highest BCUT2D eigenvalue weighted by molar-refractivity contribution is 7.99. The summed E-state index contributed by atoms with van der Waals surface area (Å²) in [6.45, 7) is 3.79. The van der Waals surface area contributed by atoms with E-state index in [9.17, 15) is 4.79 Å². The second-order valence-electron chi connectivity index (χ2n) is 5.12. The third-order valence-electron chi connectivity index (χ3n) is 3.13. The van der Waals surface area contributed by atoms with Crippen molar-refractivity contribution in [2.45, 2.75) is 19.0 Å². The van der Waals surface area contributed by atoms with Crippen LogP contribution in [0.5, 0.6) is 11.5 Å². The average molecular weight is 360 g/mol. The Morgan fingerprint density at radius 2 is 1.92 bits per heavy atom. The van der Waals surface area contributed by atoms with Crippen LogP contribution < -0.4 is 14.9 Å². The molecule has 0 fully saturated rings. The Morgan fingerprint density at radius 1 is 1.20 bits per heavy atom. The van der Waals surface area contributed by atoms with Gasteiger partial charge in [-0.2, -0.15) is 5.10 Å². The first-order valence-corrected chi connectivity index (χ1v) is 8.49. The van der Waals surface area contributed by atoms with Crippen molar-refractivity contribution in [1.82, 2.24) is 15.4 Å². The number of carbonyl (C=O) groups is 1. The van der Waals surface area contributed by atoms with Crippen LogP contribution in [-0.4, -0.2) is 42.1 Å². The number of amides is 1. The van der Waals surface area contributed by atoms with E-state index in [4.69, 9.17) is 9.47 Å². The maximum atomic E-state index is 11.9. The molecule has 8 heteroatoms. The van der Waals surface area contributed by atoms with Gasteiger partial charge >= 0.3 is 0 Å². The van der Waals surface area contributed by atoms with Crippen LogP contribution in [0.25, 0.3) is 0 Å². The predicted molar refractivity (Wildman–Crippen MR) is 97.5 cm³/mol. The lowest BCUT2D eigenvalue weighted by atomic mass is 10.2. The molecule has 1 heterocycles. The van der Waals surface area contributed by atoms with Gasteiger partial charge in [0.2, 0.25) is 0 Å². The maximum absolute atomic E-state index is 11.9. The number of nitrogens with zero attached hydrogens (tertiary/aromatic N) is 3. The van der Waals surface area contributed by atoms with Gasteiger partial charge in [0.1, 0.15) is 11.5 Å². The van der Waals surface area contributed by atoms with Crippen LogP contribution in [-0.2, 0) is 4.79 Å². The number of hydrazone groups is 1. The van der Waals surface area contributed by atoms with Gasteiger partial charge in [-0.1, -0.05) is 11.8 Å². The molecule has 0 spiro atoms. The first kappa shape index (κ1) is 18.7. The lowest BCUT2D eigenvalue weighted by molar-refractivity contribution is -0.118. The van der Waals surface area contributed by atoms with Crippen molar-refractivity contribution in [2.75, 3.05) is 20.0 Å². The molecule has 1 N–H and O–H groups in total. The number of hydrogen-bond acceptors (Lipinski definition) is 7. The number of aromatic nitrogens is 2. The Bertz CT molecular complexity index is 760. The summed E-state index contributed by atoms with van der Waals surface area (Å²) in [7, 11) is 3.14. The minimum Gasteiger partial charge on any atom is -0.497 e. The number of carbonyl (C=O) groups excluding carboxylic acids is 1. The summed E-state index contributed by atoms with van der Waals surface area (Å²) in [6, 6.07) is 7.22. The molecule has 0 saturated heterocycles. The molecule has 0 unspecified atom stereocenters. The fourth-order valence-electron chi connectivity index (χ4n) is 2.02. The Kier molecular flexibility index (Phi) is 6.76. The molecule has 0 bridgehead atoms. The molecule has 0 aliphatic carbocycles. The molecule has 0 radical (unpaired) electrons. The topological polar surface area (TPSA) is 85.7 Å². The zero-order valence-corrected chi connectivity index (χ0v) is 15.4. The van der Waals surface area contributed by atoms with Gasteiger partial charge in [0, 0.05) is 23.0 Å². The molecule has 1 aromatic heterocycles. The SMILES string of the molecule is COc1ccc(/C=N/NC(=O)CSc2nc(C)cc(C)n2)c(OC)c1. The minimum atomic E-state index is -0.239. The van der Waals surface area contributed by atoms with Crippen molar-refractivity contribution < 1.29 is 14.3 Å². The molecular weight excluding hydrogens is 340 g/mol. The molecule has 0 aliphatic rings. The standard InChI is InChI=1S/C17H20N4O3S/c1-11-7-12(2)20-17(19-11)25-10-16(22)21-18-9-13-5-6-14(23-3)8-15(13)24-4/h5-9H,10H2,1-4H3,(H,21,22)/b18-9+. The Labute approximate surface area is 150 Å². The molecule has 7 nitrogen and oxygen atoms in total. The molecule has 1 aromatic carbocycles. The van der Waals surface area contributed by atoms with Gasteiger partial charge < -0.3 is 9.47 Å². The van der Waals surface area contributed by atoms with E-state index in [1.165, 1.54) is 18.0 Å². The van der Waals surface area contributed by atoms with Gasteiger partial charge in [-0.3, -0.25) is 4.79 Å². The first-order valence-electron chi connectivity index (χ1n) is 7.51. The third-order valence-corrected chi connectivity index (χ3v) is 3.97. The molecular formula is C17H20N4O3S. The molecule has 132 valence electrons. The van der Waals surface area contributed by atoms with E-state index in [2.05, 4.69) is 20.5 Å². The number of ether oxygens (including phenoxy) is 2. The molecule has 0 aliphatic heterocycles. The summed E-state index contributed by atoms with van der Waals surface area (Å²) in [5, 5.41) is 4.53. The van der Waals surface area contributed by atoms with Crippen molar-refractivity contribution in [3.05, 3.63) is 41.2 Å². The van der Waals surface area contributed by atoms with Crippen molar-refractivity contribution in [3.8, 4) is 11.5 Å². The zero-order chi connectivity index (χ0) is 18.2. The number of methoxy groups -OCH3 is 2. The van der Waals surface area contributed by atoms with E-state index in [0.29, 0.717) is 16.7 Å². The van der Waals surface area contributed by atoms with Gasteiger partial charge in [0.25, 0.3) is 5.91 Å². The van der Waals surface area contributed by atoms with E-state index in [1.807, 2.05) is 19.9 Å². The highest BCUT2D eigenvalue weighted by Crippen LogP contribution is 2.23. The quantitative estimate of drug-likeness (QED) is 0.353. The van der Waals surface area contributed by atoms with Crippen LogP contribution in [0.2, 0.25) is 0 Å². The largest absolute Gasteiger partial charge is 0.497 e. The van der Waals surface area contributed by atoms with Crippen LogP contribution in [0.3, 0.4) is 0 Å². The van der Waals surface area contributed by atoms with E-state index in [1.54, 1.807) is 32.4 Å². The van der Waals surface area contributed by atoms with Crippen molar-refractivity contribution in [3.63, 3.8) is 0 Å². The number of thioether (sulfide) groups is 1. The number of nitrogens with one attached hydrogen (secondary N) is 1. The summed E-state index contributed by atoms with van der Waals surface area (Å²) < 4.78 is 10.4. The molecule has 2 rings (SSSR count). The van der Waals surface area contributed by atoms with Crippen molar-refractivity contribution >= 4 is 23.9 Å². The summed E-state index contributed by atoms with van der Waals surface area (Å²) in [6.07, 6.45) is 1.52. The first-order chi connectivity index (χ1) is 12.0. The highest BCUT2D eigenvalue weighted by atomic mass is 32.2. The highest BCUT2D eigenvalue weighted by Gasteiger charge is 2.06. The average Bonchev–Trinajstić information content (AvgIpc) is 2.59. The monoisotopic (exact) mass is 360 g/mol. The second kappa shape index (κ2) is 9.03. The Hall–Kier alpha value is -2.61. The lowest BCUT2D eigenvalue weighted by Crippen LogP contribution is -2.19. The van der Waals surface area contributed by atoms with E-state index in [0.717, 1.165) is 17.0 Å². The van der Waals surface area contributed by atoms with Gasteiger partial charge in [-0.05, 0) is 32.0 Å². The number of rotatable bonds is 7. The van der Waals surface area contributed by atoms with Gasteiger partial charge in [0.15, 0.2) is 5.16 Å². The molecule has 0 atom stereocenters. The van der Waals surface area contributed by atoms with Crippen LogP contribution >= 0.6 is 11.8 Å². The van der Waals surface area contributed by atoms with Crippen molar-refractivity contribution in [1.29, 1.82) is 0 Å². The van der Waals surface area contributed by atoms with Crippen LogP contribution in [0.1, 0.15) is 17.0 Å². The zero-order valence-electron chi connectivity index (χ0n) is 14.6. The summed E-state index contributed by atoms with van der Waals surface area (Å²) >= 11 is 1.27. The van der Waals surface area contributed by atoms with E-state index >= 15 is 0 Å². The van der Waals surface area contributed by atoms with Crippen LogP contribution in [0, 0.1) is 13.8 Å². The molecule has 2 aromatic rings. The molecule has 25 heavy (non-hydrogen) atoms. The van der Waals surface area contributed by atoms with Gasteiger partial charge in [-0.15, -0.1) is 0 Å². The fourth-order valence-corrected chi connectivity index (χ4v) is 2.76. The maximum Gasteiger partial charge on any atom is 0.250 e. The van der Waals surface area contributed by atoms with Crippen LogP contribution in [0.4, 0.5) is 0 Å². The number of aryl methyl sites for hydroxylation is 2. The second-order valence-corrected chi connectivity index (χ2v) is 6.07. The molecule has 0 saturated carbocycles. The normalized spacial score (nSPS) is 10.7. The van der Waals surface area contributed by atoms with Crippen molar-refractivity contribution in [2.24, 2.45) is 5.10 Å². The summed E-state index contributed by atoms with van der Waals surface area (Å²) in [4.78, 5) is 20.4. The predicted octanol–water partition coefficient (Wildman–Crippen LogP) is 2.35. The Balaban J connectivity index is 1.90. The van der Waals surface area contributed by atoms with E-state index < -0.39 is 0 Å². The van der Waals surface area contributed by atoms with Crippen LogP contribution in [0.15, 0.2) is 34.5 Å². The smallest absolute Gasteiger partial charge is 0.250 e. The summed E-state index contributed by atoms with van der Waals surface area (Å²) in [5.41, 5.74) is 4.96. The van der Waals surface area contributed by atoms with Gasteiger partial charge in [0.05, 0.1) is 26.2 Å². The number of benzene rings is 1. The molecule has 1 amide bonds. The number of hydrogen-bond donors (Lipinski definition) is 1. The minimum absolute atomic E-state index is 0.181.